The van der Waals surface area contributed by atoms with Crippen LogP contribution in [-0.4, -0.2) is 64.3 Å². The number of halogens is 2. The second kappa shape index (κ2) is 13.0. The number of nitrogens with one attached hydrogen (secondary N) is 2. The van der Waals surface area contributed by atoms with Crippen molar-refractivity contribution in [2.24, 2.45) is 5.92 Å². The van der Waals surface area contributed by atoms with E-state index in [9.17, 15) is 4.79 Å². The average Bonchev–Trinajstić information content (AvgIpc) is 3.44. The van der Waals surface area contributed by atoms with Crippen molar-refractivity contribution in [2.45, 2.75) is 44.7 Å². The first-order valence-electron chi connectivity index (χ1n) is 10.9. The molecule has 2 saturated heterocycles. The van der Waals surface area contributed by atoms with Crippen molar-refractivity contribution < 1.29 is 4.79 Å². The summed E-state index contributed by atoms with van der Waals surface area (Å²) in [5.74, 6) is 0.627. The molecule has 9 heteroatoms. The number of hydrogen-bond donors (Lipinski definition) is 2. The molecule has 1 amide bonds. The summed E-state index contributed by atoms with van der Waals surface area (Å²) < 4.78 is 1.88. The van der Waals surface area contributed by atoms with Crippen molar-refractivity contribution in [3.63, 3.8) is 0 Å². The molecule has 2 aliphatic rings. The Balaban J connectivity index is 0.00000171. The van der Waals surface area contributed by atoms with E-state index < -0.39 is 0 Å². The van der Waals surface area contributed by atoms with Gasteiger partial charge < -0.3 is 10.6 Å². The SMILES string of the molecule is Cl.Cl.O=C(NCCCn1cccn1)c1cncc(CC2CCN(C3CCNCC3)C2)c1. The van der Waals surface area contributed by atoms with Crippen LogP contribution in [0.1, 0.15) is 41.6 Å². The number of nitrogens with zero attached hydrogens (tertiary/aromatic N) is 4. The lowest BCUT2D eigenvalue weighted by molar-refractivity contribution is 0.0952. The van der Waals surface area contributed by atoms with Crippen LogP contribution in [0.2, 0.25) is 0 Å². The minimum absolute atomic E-state index is 0. The third-order valence-corrected chi connectivity index (χ3v) is 6.13. The van der Waals surface area contributed by atoms with Gasteiger partial charge >= 0.3 is 0 Å². The summed E-state index contributed by atoms with van der Waals surface area (Å²) in [6.07, 6.45) is 12.9. The van der Waals surface area contributed by atoms with Crippen LogP contribution >= 0.6 is 24.8 Å². The predicted octanol–water partition coefficient (Wildman–Crippen LogP) is 2.56. The monoisotopic (exact) mass is 468 g/mol. The minimum atomic E-state index is -0.0393. The Kier molecular flexibility index (Phi) is 10.7. The van der Waals surface area contributed by atoms with Crippen LogP contribution in [0.5, 0.6) is 0 Å². The lowest BCUT2D eigenvalue weighted by Crippen LogP contribution is -2.42. The highest BCUT2D eigenvalue weighted by Crippen LogP contribution is 2.25. The number of rotatable bonds is 8. The maximum atomic E-state index is 12.5. The standard InChI is InChI=1S/C22H32N6O.2ClH/c29-22(25-6-1-10-28-11-2-7-26-28)20-14-19(15-24-16-20)13-18-5-12-27(17-18)21-3-8-23-9-4-21;;/h2,7,11,14-16,18,21,23H,1,3-6,8-10,12-13,17H2,(H,25,29);2*1H. The van der Waals surface area contributed by atoms with E-state index in [1.807, 2.05) is 29.2 Å². The molecule has 1 atom stereocenters. The fourth-order valence-electron chi connectivity index (χ4n) is 4.57. The van der Waals surface area contributed by atoms with Crippen LogP contribution in [0, 0.1) is 5.92 Å². The van der Waals surface area contributed by atoms with Crippen molar-refractivity contribution in [2.75, 3.05) is 32.7 Å². The summed E-state index contributed by atoms with van der Waals surface area (Å²) in [6.45, 7) is 6.12. The highest BCUT2D eigenvalue weighted by Gasteiger charge is 2.29. The van der Waals surface area contributed by atoms with Crippen molar-refractivity contribution >= 4 is 30.7 Å². The van der Waals surface area contributed by atoms with Gasteiger partial charge in [0.2, 0.25) is 0 Å². The van der Waals surface area contributed by atoms with Crippen molar-refractivity contribution in [1.82, 2.24) is 30.3 Å². The van der Waals surface area contributed by atoms with Gasteiger partial charge in [0.25, 0.3) is 5.91 Å². The lowest BCUT2D eigenvalue weighted by Gasteiger charge is -2.31. The molecule has 2 aliphatic heterocycles. The molecule has 0 bridgehead atoms. The third kappa shape index (κ3) is 7.45. The molecule has 0 spiro atoms. The molecule has 7 nitrogen and oxygen atoms in total. The zero-order chi connectivity index (χ0) is 19.9. The number of likely N-dealkylation sites (tertiary alicyclic amines) is 1. The Morgan fingerprint density at radius 1 is 1.19 bits per heavy atom. The molecule has 2 N–H and O–H groups in total. The highest BCUT2D eigenvalue weighted by atomic mass is 35.5. The van der Waals surface area contributed by atoms with Crippen LogP contribution in [0.15, 0.2) is 36.9 Å². The first kappa shape index (κ1) is 25.6. The largest absolute Gasteiger partial charge is 0.352 e. The third-order valence-electron chi connectivity index (χ3n) is 6.13. The van der Waals surface area contributed by atoms with Crippen LogP contribution in [0.3, 0.4) is 0 Å². The van der Waals surface area contributed by atoms with E-state index in [0.29, 0.717) is 18.0 Å². The molecule has 0 radical (unpaired) electrons. The minimum Gasteiger partial charge on any atom is -0.352 e. The van der Waals surface area contributed by atoms with Gasteiger partial charge in [-0.15, -0.1) is 24.8 Å². The van der Waals surface area contributed by atoms with E-state index in [-0.39, 0.29) is 30.7 Å². The summed E-state index contributed by atoms with van der Waals surface area (Å²) in [7, 11) is 0. The lowest BCUT2D eigenvalue weighted by atomic mass is 9.98. The number of carbonyl (C=O) groups excluding carboxylic acids is 1. The molecular weight excluding hydrogens is 435 g/mol. The molecule has 0 aliphatic carbocycles. The Hall–Kier alpha value is -1.67. The normalized spacial score (nSPS) is 19.4. The summed E-state index contributed by atoms with van der Waals surface area (Å²) in [4.78, 5) is 19.5. The number of carbonyl (C=O) groups is 1. The summed E-state index contributed by atoms with van der Waals surface area (Å²) in [6, 6.07) is 4.67. The molecule has 4 heterocycles. The fraction of sp³-hybridized carbons (Fsp3) is 0.591. The van der Waals surface area contributed by atoms with E-state index in [4.69, 9.17) is 0 Å². The van der Waals surface area contributed by atoms with Gasteiger partial charge in [-0.05, 0) is 75.4 Å². The molecule has 2 fully saturated rings. The highest BCUT2D eigenvalue weighted by molar-refractivity contribution is 5.93. The van der Waals surface area contributed by atoms with E-state index in [0.717, 1.165) is 38.5 Å². The number of piperidine rings is 1. The van der Waals surface area contributed by atoms with Crippen LogP contribution < -0.4 is 10.6 Å². The Labute approximate surface area is 197 Å². The van der Waals surface area contributed by atoms with E-state index in [1.165, 1.54) is 37.9 Å². The van der Waals surface area contributed by atoms with Gasteiger partial charge in [-0.3, -0.25) is 19.4 Å². The summed E-state index contributed by atoms with van der Waals surface area (Å²) >= 11 is 0. The Morgan fingerprint density at radius 2 is 2.03 bits per heavy atom. The number of hydrogen-bond acceptors (Lipinski definition) is 5. The molecule has 172 valence electrons. The van der Waals surface area contributed by atoms with Crippen molar-refractivity contribution in [3.05, 3.63) is 48.0 Å². The average molecular weight is 469 g/mol. The maximum Gasteiger partial charge on any atom is 0.252 e. The van der Waals surface area contributed by atoms with Gasteiger partial charge in [0, 0.05) is 50.5 Å². The smallest absolute Gasteiger partial charge is 0.252 e. The summed E-state index contributed by atoms with van der Waals surface area (Å²) in [5.41, 5.74) is 1.83. The van der Waals surface area contributed by atoms with E-state index in [1.54, 1.807) is 12.4 Å². The van der Waals surface area contributed by atoms with Crippen LogP contribution in [-0.2, 0) is 13.0 Å². The first-order valence-corrected chi connectivity index (χ1v) is 10.9. The quantitative estimate of drug-likeness (QED) is 0.582. The topological polar surface area (TPSA) is 75.1 Å². The molecule has 0 saturated carbocycles. The van der Waals surface area contributed by atoms with Gasteiger partial charge in [-0.25, -0.2) is 0 Å². The van der Waals surface area contributed by atoms with Crippen molar-refractivity contribution in [1.29, 1.82) is 0 Å². The zero-order valence-electron chi connectivity index (χ0n) is 17.9. The summed E-state index contributed by atoms with van der Waals surface area (Å²) in [5, 5.41) is 10.6. The number of aryl methyl sites for hydroxylation is 1. The van der Waals surface area contributed by atoms with Crippen LogP contribution in [0.4, 0.5) is 0 Å². The van der Waals surface area contributed by atoms with Gasteiger partial charge in [0.1, 0.15) is 0 Å². The van der Waals surface area contributed by atoms with Gasteiger partial charge in [-0.1, -0.05) is 0 Å². The molecule has 31 heavy (non-hydrogen) atoms. The number of aromatic nitrogens is 3. The second-order valence-corrected chi connectivity index (χ2v) is 8.30. The molecule has 0 aromatic carbocycles. The van der Waals surface area contributed by atoms with Gasteiger partial charge in [-0.2, -0.15) is 5.10 Å². The van der Waals surface area contributed by atoms with E-state index >= 15 is 0 Å². The number of pyridine rings is 1. The molecule has 2 aromatic rings. The van der Waals surface area contributed by atoms with Crippen LogP contribution in [0.25, 0.3) is 0 Å². The second-order valence-electron chi connectivity index (χ2n) is 8.30. The molecular formula is C22H34Cl2N6O. The van der Waals surface area contributed by atoms with Gasteiger partial charge in [0.05, 0.1) is 5.56 Å². The van der Waals surface area contributed by atoms with Crippen molar-refractivity contribution in [3.8, 4) is 0 Å². The van der Waals surface area contributed by atoms with Gasteiger partial charge in [0.15, 0.2) is 0 Å². The zero-order valence-corrected chi connectivity index (χ0v) is 19.5. The fourth-order valence-corrected chi connectivity index (χ4v) is 4.57. The number of amides is 1. The van der Waals surface area contributed by atoms with E-state index in [2.05, 4.69) is 25.6 Å². The predicted molar refractivity (Wildman–Crippen MR) is 127 cm³/mol. The Morgan fingerprint density at radius 3 is 2.81 bits per heavy atom. The maximum absolute atomic E-state index is 12.5. The first-order chi connectivity index (χ1) is 14.3. The molecule has 2 aromatic heterocycles. The molecule has 1 unspecified atom stereocenters. The Bertz CT molecular complexity index is 782. The molecule has 4 rings (SSSR count).